The summed E-state index contributed by atoms with van der Waals surface area (Å²) >= 11 is 0. The molecule has 7 nitrogen and oxygen atoms in total. The van der Waals surface area contributed by atoms with Crippen molar-refractivity contribution in [2.75, 3.05) is 20.2 Å². The number of hydrogen-bond acceptors (Lipinski definition) is 4. The fourth-order valence-corrected chi connectivity index (χ4v) is 1.78. The van der Waals surface area contributed by atoms with Crippen molar-refractivity contribution in [3.8, 4) is 0 Å². The van der Waals surface area contributed by atoms with Gasteiger partial charge in [-0.2, -0.15) is 0 Å². The van der Waals surface area contributed by atoms with Gasteiger partial charge in [0.05, 0.1) is 12.5 Å². The second-order valence-corrected chi connectivity index (χ2v) is 4.17. The maximum absolute atomic E-state index is 11.7. The lowest BCUT2D eigenvalue weighted by Crippen LogP contribution is -2.47. The molecule has 0 bridgehead atoms. The highest BCUT2D eigenvalue weighted by molar-refractivity contribution is 5.95. The predicted molar refractivity (Wildman–Crippen MR) is 62.0 cm³/mol. The molecule has 1 saturated heterocycles. The number of nitrogens with zero attached hydrogens (tertiary/aromatic N) is 1. The van der Waals surface area contributed by atoms with Gasteiger partial charge >= 0.3 is 12.0 Å². The molecule has 102 valence electrons. The van der Waals surface area contributed by atoms with Crippen molar-refractivity contribution in [2.45, 2.75) is 31.8 Å². The van der Waals surface area contributed by atoms with E-state index in [0.29, 0.717) is 13.1 Å². The molecule has 1 fully saturated rings. The van der Waals surface area contributed by atoms with Gasteiger partial charge in [-0.15, -0.1) is 0 Å². The monoisotopic (exact) mass is 258 g/mol. The van der Waals surface area contributed by atoms with Crippen LogP contribution in [0.1, 0.15) is 25.7 Å². The fraction of sp³-hybridized carbons (Fsp3) is 0.727. The van der Waals surface area contributed by atoms with Crippen LogP contribution < -0.4 is 5.32 Å². The zero-order chi connectivity index (χ0) is 13.5. The summed E-state index contributed by atoms with van der Waals surface area (Å²) in [6.45, 7) is 1.08. The lowest BCUT2D eigenvalue weighted by atomic mass is 10.1. The van der Waals surface area contributed by atoms with Gasteiger partial charge in [0.25, 0.3) is 0 Å². The number of piperidine rings is 1. The summed E-state index contributed by atoms with van der Waals surface area (Å²) in [5.41, 5.74) is 0. The third kappa shape index (κ3) is 4.70. The standard InChI is InChI=1S/C11H18N2O5/c1-18-8-4-6-13(7-5-8)11(17)12-9(14)2-3-10(15)16/h8H,2-7H2,1H3,(H,15,16)(H,12,14,17). The molecule has 0 saturated carbocycles. The van der Waals surface area contributed by atoms with Crippen LogP contribution in [0.5, 0.6) is 0 Å². The Bertz CT molecular complexity index is 323. The van der Waals surface area contributed by atoms with Crippen molar-refractivity contribution in [1.82, 2.24) is 10.2 Å². The first-order chi connectivity index (χ1) is 8.52. The Morgan fingerprint density at radius 1 is 1.28 bits per heavy atom. The molecule has 3 amide bonds. The summed E-state index contributed by atoms with van der Waals surface area (Å²) in [5, 5.41) is 10.6. The van der Waals surface area contributed by atoms with Gasteiger partial charge in [0.15, 0.2) is 0 Å². The first-order valence-electron chi connectivity index (χ1n) is 5.86. The van der Waals surface area contributed by atoms with Crippen molar-refractivity contribution < 1.29 is 24.2 Å². The van der Waals surface area contributed by atoms with E-state index in [1.807, 2.05) is 0 Å². The molecule has 1 heterocycles. The Hall–Kier alpha value is -1.63. The smallest absolute Gasteiger partial charge is 0.324 e. The minimum Gasteiger partial charge on any atom is -0.481 e. The van der Waals surface area contributed by atoms with Gasteiger partial charge in [-0.25, -0.2) is 4.79 Å². The zero-order valence-electron chi connectivity index (χ0n) is 10.3. The van der Waals surface area contributed by atoms with Crippen LogP contribution in [0.2, 0.25) is 0 Å². The second-order valence-electron chi connectivity index (χ2n) is 4.17. The van der Waals surface area contributed by atoms with Crippen LogP contribution in [0.15, 0.2) is 0 Å². The highest BCUT2D eigenvalue weighted by Gasteiger charge is 2.23. The Morgan fingerprint density at radius 2 is 1.89 bits per heavy atom. The molecule has 0 unspecified atom stereocenters. The molecule has 1 aliphatic heterocycles. The van der Waals surface area contributed by atoms with Crippen LogP contribution in [0, 0.1) is 0 Å². The van der Waals surface area contributed by atoms with E-state index in [0.717, 1.165) is 12.8 Å². The lowest BCUT2D eigenvalue weighted by Gasteiger charge is -2.30. The van der Waals surface area contributed by atoms with E-state index < -0.39 is 17.9 Å². The summed E-state index contributed by atoms with van der Waals surface area (Å²) in [7, 11) is 1.63. The molecular formula is C11H18N2O5. The maximum Gasteiger partial charge on any atom is 0.324 e. The van der Waals surface area contributed by atoms with Gasteiger partial charge in [0.1, 0.15) is 0 Å². The molecule has 2 N–H and O–H groups in total. The average Bonchev–Trinajstić information content (AvgIpc) is 2.36. The number of imide groups is 1. The molecule has 0 aliphatic carbocycles. The van der Waals surface area contributed by atoms with Crippen LogP contribution in [0.4, 0.5) is 4.79 Å². The number of aliphatic carboxylic acids is 1. The highest BCUT2D eigenvalue weighted by Crippen LogP contribution is 2.12. The number of urea groups is 1. The molecule has 7 heteroatoms. The minimum atomic E-state index is -1.06. The normalized spacial score (nSPS) is 16.4. The van der Waals surface area contributed by atoms with Gasteiger partial charge in [-0.1, -0.05) is 0 Å². The number of methoxy groups -OCH3 is 1. The molecule has 1 rings (SSSR count). The number of carbonyl (C=O) groups is 3. The van der Waals surface area contributed by atoms with Crippen LogP contribution in [-0.4, -0.2) is 54.2 Å². The number of nitrogens with one attached hydrogen (secondary N) is 1. The number of ether oxygens (including phenoxy) is 1. The number of rotatable bonds is 4. The summed E-state index contributed by atoms with van der Waals surface area (Å²) in [6, 6.07) is -0.458. The SMILES string of the molecule is COC1CCN(C(=O)NC(=O)CCC(=O)O)CC1. The van der Waals surface area contributed by atoms with Crippen molar-refractivity contribution in [1.29, 1.82) is 0 Å². The van der Waals surface area contributed by atoms with Crippen LogP contribution in [-0.2, 0) is 14.3 Å². The first kappa shape index (κ1) is 14.4. The quantitative estimate of drug-likeness (QED) is 0.750. The number of carbonyl (C=O) groups excluding carboxylic acids is 2. The van der Waals surface area contributed by atoms with E-state index in [4.69, 9.17) is 9.84 Å². The van der Waals surface area contributed by atoms with E-state index in [9.17, 15) is 14.4 Å². The van der Waals surface area contributed by atoms with Gasteiger partial charge in [0, 0.05) is 26.6 Å². The Morgan fingerprint density at radius 3 is 2.39 bits per heavy atom. The third-order valence-electron chi connectivity index (χ3n) is 2.87. The van der Waals surface area contributed by atoms with Crippen molar-refractivity contribution >= 4 is 17.9 Å². The van der Waals surface area contributed by atoms with Crippen LogP contribution in [0.25, 0.3) is 0 Å². The Labute approximate surface area is 105 Å². The summed E-state index contributed by atoms with van der Waals surface area (Å²) in [4.78, 5) is 34.7. The summed E-state index contributed by atoms with van der Waals surface area (Å²) in [6.07, 6.45) is 1.19. The van der Waals surface area contributed by atoms with E-state index in [1.54, 1.807) is 7.11 Å². The second kappa shape index (κ2) is 6.95. The molecular weight excluding hydrogens is 240 g/mol. The van der Waals surface area contributed by atoms with Gasteiger partial charge in [-0.05, 0) is 12.8 Å². The van der Waals surface area contributed by atoms with Crippen molar-refractivity contribution in [3.63, 3.8) is 0 Å². The fourth-order valence-electron chi connectivity index (χ4n) is 1.78. The van der Waals surface area contributed by atoms with Gasteiger partial charge in [-0.3, -0.25) is 14.9 Å². The minimum absolute atomic E-state index is 0.164. The molecule has 1 aliphatic rings. The van der Waals surface area contributed by atoms with Gasteiger partial charge in [0.2, 0.25) is 5.91 Å². The predicted octanol–water partition coefficient (Wildman–Crippen LogP) is 0.198. The number of carboxylic acids is 1. The number of amides is 3. The number of likely N-dealkylation sites (tertiary alicyclic amines) is 1. The van der Waals surface area contributed by atoms with Crippen molar-refractivity contribution in [2.24, 2.45) is 0 Å². The average molecular weight is 258 g/mol. The number of hydrogen-bond donors (Lipinski definition) is 2. The van der Waals surface area contributed by atoms with Crippen LogP contribution >= 0.6 is 0 Å². The molecule has 0 aromatic heterocycles. The van der Waals surface area contributed by atoms with E-state index >= 15 is 0 Å². The maximum atomic E-state index is 11.7. The van der Waals surface area contributed by atoms with Gasteiger partial charge < -0.3 is 14.7 Å². The lowest BCUT2D eigenvalue weighted by molar-refractivity contribution is -0.138. The summed E-state index contributed by atoms with van der Waals surface area (Å²) < 4.78 is 5.17. The molecule has 0 radical (unpaired) electrons. The van der Waals surface area contributed by atoms with Crippen LogP contribution in [0.3, 0.4) is 0 Å². The Kier molecular flexibility index (Phi) is 5.57. The first-order valence-corrected chi connectivity index (χ1v) is 5.86. The molecule has 0 aromatic carbocycles. The topological polar surface area (TPSA) is 95.9 Å². The molecule has 18 heavy (non-hydrogen) atoms. The number of carboxylic acid groups (broad SMARTS) is 1. The summed E-state index contributed by atoms with van der Waals surface area (Å²) in [5.74, 6) is -1.62. The largest absolute Gasteiger partial charge is 0.481 e. The van der Waals surface area contributed by atoms with Crippen molar-refractivity contribution in [3.05, 3.63) is 0 Å². The molecule has 0 aromatic rings. The third-order valence-corrected chi connectivity index (χ3v) is 2.87. The highest BCUT2D eigenvalue weighted by atomic mass is 16.5. The van der Waals surface area contributed by atoms with E-state index in [-0.39, 0.29) is 18.9 Å². The molecule has 0 spiro atoms. The van der Waals surface area contributed by atoms with E-state index in [1.165, 1.54) is 4.90 Å². The molecule has 0 atom stereocenters. The Balaban J connectivity index is 2.28. The zero-order valence-corrected chi connectivity index (χ0v) is 10.3. The van der Waals surface area contributed by atoms with E-state index in [2.05, 4.69) is 5.32 Å².